The normalized spacial score (nSPS) is 22.5. The Morgan fingerprint density at radius 1 is 1.32 bits per heavy atom. The molecular formula is C21H33N5O4S. The van der Waals surface area contributed by atoms with Crippen molar-refractivity contribution in [3.05, 3.63) is 18.2 Å². The van der Waals surface area contributed by atoms with Gasteiger partial charge in [-0.15, -0.1) is 0 Å². The number of H-pyrrole nitrogens is 1. The van der Waals surface area contributed by atoms with E-state index < -0.39 is 12.0 Å². The van der Waals surface area contributed by atoms with Crippen LogP contribution in [0.25, 0.3) is 0 Å². The Hall–Kier alpha value is -2.07. The van der Waals surface area contributed by atoms with E-state index in [0.29, 0.717) is 19.4 Å². The highest BCUT2D eigenvalue weighted by molar-refractivity contribution is 7.98. The van der Waals surface area contributed by atoms with Crippen molar-refractivity contribution in [3.63, 3.8) is 0 Å². The van der Waals surface area contributed by atoms with Crippen molar-refractivity contribution in [2.45, 2.75) is 56.7 Å². The van der Waals surface area contributed by atoms with Gasteiger partial charge in [-0.2, -0.15) is 11.8 Å². The lowest BCUT2D eigenvalue weighted by Crippen LogP contribution is -2.52. The molecule has 0 radical (unpaired) electrons. The molecule has 1 aromatic rings. The largest absolute Gasteiger partial charge is 0.467 e. The Morgan fingerprint density at radius 2 is 2.13 bits per heavy atom. The number of hydrogen-bond donors (Lipinski definition) is 2. The van der Waals surface area contributed by atoms with Crippen molar-refractivity contribution in [1.82, 2.24) is 25.1 Å². The minimum Gasteiger partial charge on any atom is -0.467 e. The minimum absolute atomic E-state index is 0.0811. The molecule has 172 valence electrons. The highest BCUT2D eigenvalue weighted by Gasteiger charge is 2.37. The topological polar surface area (TPSA) is 108 Å². The fourth-order valence-corrected chi connectivity index (χ4v) is 4.98. The molecule has 10 heteroatoms. The van der Waals surface area contributed by atoms with Gasteiger partial charge in [-0.05, 0) is 50.7 Å². The number of aromatic amines is 1. The molecule has 9 nitrogen and oxygen atoms in total. The first-order chi connectivity index (χ1) is 15.0. The van der Waals surface area contributed by atoms with Crippen molar-refractivity contribution in [2.75, 3.05) is 38.8 Å². The van der Waals surface area contributed by atoms with Gasteiger partial charge in [0.1, 0.15) is 6.04 Å². The average molecular weight is 452 g/mol. The number of hydrogen-bond acceptors (Lipinski definition) is 7. The molecule has 31 heavy (non-hydrogen) atoms. The van der Waals surface area contributed by atoms with Gasteiger partial charge in [0.05, 0.1) is 31.6 Å². The van der Waals surface area contributed by atoms with Gasteiger partial charge >= 0.3 is 5.97 Å². The number of ether oxygens (including phenoxy) is 1. The quantitative estimate of drug-likeness (QED) is 0.507. The van der Waals surface area contributed by atoms with Crippen molar-refractivity contribution >= 4 is 29.5 Å². The third-order valence-electron chi connectivity index (χ3n) is 6.11. The summed E-state index contributed by atoms with van der Waals surface area (Å²) in [5, 5.41) is 2.90. The summed E-state index contributed by atoms with van der Waals surface area (Å²) in [6.45, 7) is 2.25. The van der Waals surface area contributed by atoms with E-state index in [4.69, 9.17) is 4.74 Å². The molecule has 2 aliphatic heterocycles. The predicted octanol–water partition coefficient (Wildman–Crippen LogP) is 0.819. The lowest BCUT2D eigenvalue weighted by molar-refractivity contribution is -0.145. The van der Waals surface area contributed by atoms with Gasteiger partial charge in [-0.3, -0.25) is 14.5 Å². The molecule has 0 aromatic carbocycles. The number of nitrogens with one attached hydrogen (secondary N) is 2. The summed E-state index contributed by atoms with van der Waals surface area (Å²) in [7, 11) is 1.34. The first-order valence-corrected chi connectivity index (χ1v) is 12.3. The molecule has 2 N–H and O–H groups in total. The first-order valence-electron chi connectivity index (χ1n) is 10.9. The number of rotatable bonds is 10. The van der Waals surface area contributed by atoms with Gasteiger partial charge < -0.3 is 19.9 Å². The Bertz CT molecular complexity index is 744. The molecule has 2 fully saturated rings. The molecule has 2 aliphatic rings. The number of aromatic nitrogens is 2. The van der Waals surface area contributed by atoms with Crippen LogP contribution in [0.5, 0.6) is 0 Å². The first kappa shape index (κ1) is 23.6. The van der Waals surface area contributed by atoms with Gasteiger partial charge in [-0.1, -0.05) is 0 Å². The minimum atomic E-state index is -0.620. The second-order valence-electron chi connectivity index (χ2n) is 8.14. The monoisotopic (exact) mass is 451 g/mol. The number of carbonyl (C=O) groups is 3. The molecule has 0 spiro atoms. The Labute approximate surface area is 187 Å². The Kier molecular flexibility index (Phi) is 8.77. The van der Waals surface area contributed by atoms with Crippen LogP contribution in [0.3, 0.4) is 0 Å². The molecule has 3 rings (SSSR count). The number of esters is 1. The summed E-state index contributed by atoms with van der Waals surface area (Å²) >= 11 is 1.63. The zero-order valence-corrected chi connectivity index (χ0v) is 19.2. The molecule has 2 saturated heterocycles. The summed E-state index contributed by atoms with van der Waals surface area (Å²) in [5.74, 6) is 0.320. The smallest absolute Gasteiger partial charge is 0.328 e. The van der Waals surface area contributed by atoms with E-state index in [1.165, 1.54) is 7.11 Å². The van der Waals surface area contributed by atoms with E-state index >= 15 is 0 Å². The number of amides is 2. The van der Waals surface area contributed by atoms with E-state index in [-0.39, 0.29) is 23.9 Å². The molecule has 0 bridgehead atoms. The number of thioether (sulfide) groups is 1. The zero-order chi connectivity index (χ0) is 22.2. The summed E-state index contributed by atoms with van der Waals surface area (Å²) < 4.78 is 4.86. The van der Waals surface area contributed by atoms with Gasteiger partial charge in [0.2, 0.25) is 11.8 Å². The number of nitrogens with zero attached hydrogens (tertiary/aromatic N) is 3. The number of methoxy groups -OCH3 is 1. The third kappa shape index (κ3) is 6.22. The number of carbonyl (C=O) groups excluding carboxylic acids is 3. The summed E-state index contributed by atoms with van der Waals surface area (Å²) in [4.78, 5) is 49.0. The van der Waals surface area contributed by atoms with Crippen LogP contribution < -0.4 is 5.32 Å². The zero-order valence-electron chi connectivity index (χ0n) is 18.3. The standard InChI is InChI=1S/C21H33N5O4S/c1-30-21(29)17(7-10-31-2)24-20(28)18-6-4-8-25(18)13-16-5-3-9-26(16)19(27)11-15-12-22-14-23-15/h12,14,16-18H,3-11,13H2,1-2H3,(H,22,23)(H,24,28)/t16-,17-,18-/m0/s1. The van der Waals surface area contributed by atoms with Gasteiger partial charge in [0.15, 0.2) is 0 Å². The van der Waals surface area contributed by atoms with Crippen LogP contribution in [-0.2, 0) is 25.5 Å². The van der Waals surface area contributed by atoms with Crippen molar-refractivity contribution in [3.8, 4) is 0 Å². The fourth-order valence-electron chi connectivity index (χ4n) is 4.51. The van der Waals surface area contributed by atoms with Crippen LogP contribution >= 0.6 is 11.8 Å². The van der Waals surface area contributed by atoms with Crippen LogP contribution in [0.4, 0.5) is 0 Å². The second-order valence-corrected chi connectivity index (χ2v) is 9.12. The summed E-state index contributed by atoms with van der Waals surface area (Å²) in [5.41, 5.74) is 0.744. The molecule has 1 aromatic heterocycles. The molecule has 0 saturated carbocycles. The maximum absolute atomic E-state index is 13.0. The number of likely N-dealkylation sites (tertiary alicyclic amines) is 2. The highest BCUT2D eigenvalue weighted by atomic mass is 32.2. The van der Waals surface area contributed by atoms with E-state index in [1.54, 1.807) is 24.3 Å². The Morgan fingerprint density at radius 3 is 2.84 bits per heavy atom. The molecule has 0 unspecified atom stereocenters. The van der Waals surface area contributed by atoms with Gasteiger partial charge in [0.25, 0.3) is 0 Å². The van der Waals surface area contributed by atoms with Crippen LogP contribution in [0, 0.1) is 0 Å². The second kappa shape index (κ2) is 11.5. The van der Waals surface area contributed by atoms with Crippen LogP contribution in [0.1, 0.15) is 37.8 Å². The van der Waals surface area contributed by atoms with E-state index in [0.717, 1.165) is 50.2 Å². The predicted molar refractivity (Wildman–Crippen MR) is 119 cm³/mol. The average Bonchev–Trinajstić information content (AvgIpc) is 3.52. The van der Waals surface area contributed by atoms with Crippen molar-refractivity contribution < 1.29 is 19.1 Å². The van der Waals surface area contributed by atoms with Crippen molar-refractivity contribution in [1.29, 1.82) is 0 Å². The third-order valence-corrected chi connectivity index (χ3v) is 6.75. The van der Waals surface area contributed by atoms with Crippen molar-refractivity contribution in [2.24, 2.45) is 0 Å². The Balaban J connectivity index is 1.58. The van der Waals surface area contributed by atoms with Crippen LogP contribution in [-0.4, -0.2) is 94.4 Å². The lowest BCUT2D eigenvalue weighted by Gasteiger charge is -2.32. The molecule has 0 aliphatic carbocycles. The highest BCUT2D eigenvalue weighted by Crippen LogP contribution is 2.24. The van der Waals surface area contributed by atoms with Gasteiger partial charge in [0, 0.05) is 25.3 Å². The summed E-state index contributed by atoms with van der Waals surface area (Å²) in [6, 6.07) is -0.788. The lowest BCUT2D eigenvalue weighted by atomic mass is 10.1. The number of imidazole rings is 1. The SMILES string of the molecule is COC(=O)[C@H](CCSC)NC(=O)[C@@H]1CCCN1C[C@@H]1CCCN1C(=O)Cc1c[nH]cn1. The molecule has 2 amide bonds. The van der Waals surface area contributed by atoms with E-state index in [1.807, 2.05) is 11.2 Å². The maximum Gasteiger partial charge on any atom is 0.328 e. The molecular weight excluding hydrogens is 418 g/mol. The molecule has 3 atom stereocenters. The van der Waals surface area contributed by atoms with E-state index in [9.17, 15) is 14.4 Å². The van der Waals surface area contributed by atoms with Crippen LogP contribution in [0.2, 0.25) is 0 Å². The maximum atomic E-state index is 13.0. The van der Waals surface area contributed by atoms with Gasteiger partial charge in [-0.25, -0.2) is 9.78 Å². The molecule has 3 heterocycles. The van der Waals surface area contributed by atoms with E-state index in [2.05, 4.69) is 20.2 Å². The van der Waals surface area contributed by atoms with Crippen LogP contribution in [0.15, 0.2) is 12.5 Å². The summed E-state index contributed by atoms with van der Waals surface area (Å²) in [6.07, 6.45) is 9.74. The fraction of sp³-hybridized carbons (Fsp3) is 0.714.